The van der Waals surface area contributed by atoms with E-state index in [0.717, 1.165) is 31.5 Å². The second-order valence-corrected chi connectivity index (χ2v) is 5.24. The van der Waals surface area contributed by atoms with Gasteiger partial charge in [-0.2, -0.15) is 0 Å². The number of hydrogen-bond donors (Lipinski definition) is 1. The topological polar surface area (TPSA) is 83.9 Å². The SMILES string of the molecule is CC(=O)N1CCCC[C@@H]1c1ccnc(Nc2cnccn2)n1. The minimum Gasteiger partial charge on any atom is -0.334 e. The van der Waals surface area contributed by atoms with Gasteiger partial charge in [-0.15, -0.1) is 0 Å². The van der Waals surface area contributed by atoms with Crippen LogP contribution in [0.5, 0.6) is 0 Å². The van der Waals surface area contributed by atoms with Crippen molar-refractivity contribution in [2.75, 3.05) is 11.9 Å². The maximum Gasteiger partial charge on any atom is 0.228 e. The Bertz CT molecular complexity index is 647. The van der Waals surface area contributed by atoms with Crippen LogP contribution in [-0.4, -0.2) is 37.3 Å². The van der Waals surface area contributed by atoms with Crippen LogP contribution in [0.15, 0.2) is 30.9 Å². The number of anilines is 2. The van der Waals surface area contributed by atoms with Crippen LogP contribution in [0.1, 0.15) is 37.9 Å². The molecule has 2 aromatic rings. The zero-order valence-corrected chi connectivity index (χ0v) is 12.4. The van der Waals surface area contributed by atoms with Crippen molar-refractivity contribution < 1.29 is 4.79 Å². The van der Waals surface area contributed by atoms with Crippen LogP contribution in [0, 0.1) is 0 Å². The van der Waals surface area contributed by atoms with Crippen molar-refractivity contribution in [3.05, 3.63) is 36.5 Å². The van der Waals surface area contributed by atoms with Gasteiger partial charge in [0.2, 0.25) is 11.9 Å². The van der Waals surface area contributed by atoms with E-state index in [9.17, 15) is 4.79 Å². The third-order valence-electron chi connectivity index (χ3n) is 3.73. The standard InChI is InChI=1S/C15H18N6O/c1-11(22)21-9-3-2-4-13(21)12-5-6-18-15(19-12)20-14-10-16-7-8-17-14/h5-8,10,13H,2-4,9H2,1H3,(H,17,18,19,20)/t13-/m1/s1. The van der Waals surface area contributed by atoms with Gasteiger partial charge in [0.25, 0.3) is 0 Å². The van der Waals surface area contributed by atoms with E-state index in [0.29, 0.717) is 11.8 Å². The zero-order chi connectivity index (χ0) is 15.4. The quantitative estimate of drug-likeness (QED) is 0.934. The van der Waals surface area contributed by atoms with E-state index in [4.69, 9.17) is 0 Å². The molecule has 1 aliphatic rings. The van der Waals surface area contributed by atoms with E-state index in [1.165, 1.54) is 0 Å². The normalized spacial score (nSPS) is 18.0. The van der Waals surface area contributed by atoms with Gasteiger partial charge >= 0.3 is 0 Å². The molecule has 1 fully saturated rings. The molecule has 3 rings (SSSR count). The molecule has 22 heavy (non-hydrogen) atoms. The van der Waals surface area contributed by atoms with E-state index >= 15 is 0 Å². The molecular weight excluding hydrogens is 280 g/mol. The van der Waals surface area contributed by atoms with Crippen LogP contribution in [0.4, 0.5) is 11.8 Å². The summed E-state index contributed by atoms with van der Waals surface area (Å²) in [5, 5.41) is 3.03. The number of carbonyl (C=O) groups excluding carboxylic acids is 1. The van der Waals surface area contributed by atoms with Crippen LogP contribution in [0.25, 0.3) is 0 Å². The highest BCUT2D eigenvalue weighted by Crippen LogP contribution is 2.30. The molecule has 3 heterocycles. The van der Waals surface area contributed by atoms with Crippen molar-refractivity contribution in [3.8, 4) is 0 Å². The third-order valence-corrected chi connectivity index (χ3v) is 3.73. The molecule has 0 spiro atoms. The minimum atomic E-state index is 0.0247. The monoisotopic (exact) mass is 298 g/mol. The summed E-state index contributed by atoms with van der Waals surface area (Å²) < 4.78 is 0. The van der Waals surface area contributed by atoms with Crippen LogP contribution in [0.3, 0.4) is 0 Å². The van der Waals surface area contributed by atoms with Gasteiger partial charge in [0.1, 0.15) is 0 Å². The average molecular weight is 298 g/mol. The first-order valence-corrected chi connectivity index (χ1v) is 7.37. The predicted molar refractivity (Wildman–Crippen MR) is 81.3 cm³/mol. The molecule has 0 aromatic carbocycles. The van der Waals surface area contributed by atoms with Crippen LogP contribution in [0.2, 0.25) is 0 Å². The van der Waals surface area contributed by atoms with Crippen LogP contribution >= 0.6 is 0 Å². The average Bonchev–Trinajstić information content (AvgIpc) is 2.56. The molecule has 1 saturated heterocycles. The molecule has 114 valence electrons. The van der Waals surface area contributed by atoms with Crippen LogP contribution in [-0.2, 0) is 4.79 Å². The van der Waals surface area contributed by atoms with E-state index < -0.39 is 0 Å². The number of nitrogens with one attached hydrogen (secondary N) is 1. The molecule has 1 aliphatic heterocycles. The molecule has 7 nitrogen and oxygen atoms in total. The Morgan fingerprint density at radius 2 is 2.18 bits per heavy atom. The first-order chi connectivity index (χ1) is 10.7. The molecular formula is C15H18N6O. The van der Waals surface area contributed by atoms with Gasteiger partial charge in [0, 0.05) is 32.1 Å². The summed E-state index contributed by atoms with van der Waals surface area (Å²) in [4.78, 5) is 30.6. The highest BCUT2D eigenvalue weighted by atomic mass is 16.2. The summed E-state index contributed by atoms with van der Waals surface area (Å²) >= 11 is 0. The van der Waals surface area contributed by atoms with Gasteiger partial charge in [-0.3, -0.25) is 9.78 Å². The lowest BCUT2D eigenvalue weighted by molar-refractivity contribution is -0.132. The van der Waals surface area contributed by atoms with Gasteiger partial charge in [-0.1, -0.05) is 0 Å². The van der Waals surface area contributed by atoms with E-state index in [-0.39, 0.29) is 11.9 Å². The zero-order valence-electron chi connectivity index (χ0n) is 12.4. The summed E-state index contributed by atoms with van der Waals surface area (Å²) in [6.07, 6.45) is 9.60. The molecule has 0 aliphatic carbocycles. The van der Waals surface area contributed by atoms with Gasteiger partial charge < -0.3 is 10.2 Å². The summed E-state index contributed by atoms with van der Waals surface area (Å²) in [5.74, 6) is 1.14. The van der Waals surface area contributed by atoms with E-state index in [1.807, 2.05) is 11.0 Å². The number of aromatic nitrogens is 4. The maximum atomic E-state index is 11.8. The minimum absolute atomic E-state index is 0.0247. The van der Waals surface area contributed by atoms with Crippen molar-refractivity contribution in [2.24, 2.45) is 0 Å². The molecule has 1 atom stereocenters. The highest BCUT2D eigenvalue weighted by molar-refractivity contribution is 5.73. The number of piperidine rings is 1. The molecule has 1 amide bonds. The second kappa shape index (κ2) is 6.46. The van der Waals surface area contributed by atoms with Crippen molar-refractivity contribution in [2.45, 2.75) is 32.2 Å². The molecule has 7 heteroatoms. The van der Waals surface area contributed by atoms with Gasteiger partial charge in [-0.05, 0) is 25.3 Å². The maximum absolute atomic E-state index is 11.8. The third kappa shape index (κ3) is 3.19. The number of carbonyl (C=O) groups is 1. The Hall–Kier alpha value is -2.57. The molecule has 0 radical (unpaired) electrons. The smallest absolute Gasteiger partial charge is 0.228 e. The van der Waals surface area contributed by atoms with E-state index in [1.54, 1.807) is 31.7 Å². The van der Waals surface area contributed by atoms with Gasteiger partial charge in [-0.25, -0.2) is 15.0 Å². The highest BCUT2D eigenvalue weighted by Gasteiger charge is 2.27. The summed E-state index contributed by atoms with van der Waals surface area (Å²) in [5.41, 5.74) is 0.858. The number of amides is 1. The molecule has 2 aromatic heterocycles. The largest absolute Gasteiger partial charge is 0.334 e. The van der Waals surface area contributed by atoms with Crippen molar-refractivity contribution in [1.29, 1.82) is 0 Å². The first kappa shape index (κ1) is 14.4. The number of rotatable bonds is 3. The lowest BCUT2D eigenvalue weighted by atomic mass is 9.99. The Kier molecular flexibility index (Phi) is 4.22. The van der Waals surface area contributed by atoms with Gasteiger partial charge in [0.05, 0.1) is 17.9 Å². The van der Waals surface area contributed by atoms with Crippen LogP contribution < -0.4 is 5.32 Å². The van der Waals surface area contributed by atoms with Crippen molar-refractivity contribution in [3.63, 3.8) is 0 Å². The number of hydrogen-bond acceptors (Lipinski definition) is 6. The summed E-state index contributed by atoms with van der Waals surface area (Å²) in [7, 11) is 0. The van der Waals surface area contributed by atoms with E-state index in [2.05, 4.69) is 25.3 Å². The van der Waals surface area contributed by atoms with Gasteiger partial charge in [0.15, 0.2) is 5.82 Å². The van der Waals surface area contributed by atoms with Crippen molar-refractivity contribution in [1.82, 2.24) is 24.8 Å². The Labute approximate surface area is 128 Å². The Morgan fingerprint density at radius 3 is 2.95 bits per heavy atom. The summed E-state index contributed by atoms with van der Waals surface area (Å²) in [6, 6.07) is 1.89. The van der Waals surface area contributed by atoms with Crippen molar-refractivity contribution >= 4 is 17.7 Å². The molecule has 0 bridgehead atoms. The molecule has 1 N–H and O–H groups in total. The predicted octanol–water partition coefficient (Wildman–Crippen LogP) is 2.08. The summed E-state index contributed by atoms with van der Waals surface area (Å²) in [6.45, 7) is 2.40. The molecule has 0 unspecified atom stereocenters. The fourth-order valence-corrected chi connectivity index (χ4v) is 2.71. The second-order valence-electron chi connectivity index (χ2n) is 5.24. The fourth-order valence-electron chi connectivity index (χ4n) is 2.71. The lowest BCUT2D eigenvalue weighted by Gasteiger charge is -2.34. The number of nitrogens with zero attached hydrogens (tertiary/aromatic N) is 5. The fraction of sp³-hybridized carbons (Fsp3) is 0.400. The lowest BCUT2D eigenvalue weighted by Crippen LogP contribution is -2.37. The Balaban J connectivity index is 1.82. The number of likely N-dealkylation sites (tertiary alicyclic amines) is 1. The first-order valence-electron chi connectivity index (χ1n) is 7.37. The molecule has 0 saturated carbocycles. The Morgan fingerprint density at radius 1 is 1.27 bits per heavy atom.